The highest BCUT2D eigenvalue weighted by atomic mass is 19.1. The van der Waals surface area contributed by atoms with Gasteiger partial charge < -0.3 is 15.6 Å². The molecule has 3 aromatic rings. The minimum atomic E-state index is -0.527. The lowest BCUT2D eigenvalue weighted by Crippen LogP contribution is -2.43. The molecule has 3 aliphatic rings. The second-order valence-corrected chi connectivity index (χ2v) is 8.86. The summed E-state index contributed by atoms with van der Waals surface area (Å²) in [4.78, 5) is 32.6. The molecular formula is C25H21FN4O2. The first-order valence-electron chi connectivity index (χ1n) is 10.8. The van der Waals surface area contributed by atoms with Crippen molar-refractivity contribution in [2.24, 2.45) is 0 Å². The van der Waals surface area contributed by atoms with Gasteiger partial charge >= 0.3 is 0 Å². The van der Waals surface area contributed by atoms with Gasteiger partial charge in [0, 0.05) is 35.0 Å². The Kier molecular flexibility index (Phi) is 3.93. The molecule has 2 amide bonds. The lowest BCUT2D eigenvalue weighted by Gasteiger charge is -2.24. The van der Waals surface area contributed by atoms with Crippen molar-refractivity contribution in [1.29, 1.82) is 0 Å². The van der Waals surface area contributed by atoms with E-state index in [0.29, 0.717) is 11.3 Å². The molecule has 1 saturated carbocycles. The Labute approximate surface area is 184 Å². The molecule has 160 valence electrons. The van der Waals surface area contributed by atoms with E-state index in [9.17, 15) is 14.0 Å². The second kappa shape index (κ2) is 6.63. The summed E-state index contributed by atoms with van der Waals surface area (Å²) in [5, 5.41) is 5.69. The van der Waals surface area contributed by atoms with Crippen LogP contribution in [0.1, 0.15) is 40.0 Å². The molecule has 7 heteroatoms. The Morgan fingerprint density at radius 1 is 1.25 bits per heavy atom. The van der Waals surface area contributed by atoms with Crippen molar-refractivity contribution in [2.45, 2.75) is 37.6 Å². The molecule has 6 rings (SSSR count). The van der Waals surface area contributed by atoms with Crippen LogP contribution in [0.4, 0.5) is 10.1 Å². The molecule has 2 aliphatic carbocycles. The number of nitrogens with zero attached hydrogens (tertiary/aromatic N) is 1. The fraction of sp³-hybridized carbons (Fsp3) is 0.240. The lowest BCUT2D eigenvalue weighted by atomic mass is 9.87. The predicted octanol–water partition coefficient (Wildman–Crippen LogP) is 3.92. The molecule has 6 nitrogen and oxygen atoms in total. The molecule has 1 spiro atoms. The van der Waals surface area contributed by atoms with Gasteiger partial charge in [0.05, 0.1) is 22.6 Å². The Bertz CT molecular complexity index is 1340. The van der Waals surface area contributed by atoms with E-state index in [-0.39, 0.29) is 17.1 Å². The van der Waals surface area contributed by atoms with E-state index in [2.05, 4.69) is 27.2 Å². The Morgan fingerprint density at radius 3 is 2.88 bits per heavy atom. The fourth-order valence-corrected chi connectivity index (χ4v) is 4.92. The first-order valence-corrected chi connectivity index (χ1v) is 10.8. The van der Waals surface area contributed by atoms with Crippen LogP contribution in [0.3, 0.4) is 0 Å². The molecule has 0 saturated heterocycles. The van der Waals surface area contributed by atoms with E-state index in [1.165, 1.54) is 6.07 Å². The number of rotatable bonds is 3. The molecule has 0 bridgehead atoms. The lowest BCUT2D eigenvalue weighted by molar-refractivity contribution is -0.111. The smallest absolute Gasteiger partial charge is 0.253 e. The van der Waals surface area contributed by atoms with E-state index < -0.39 is 11.7 Å². The number of aromatic amines is 1. The number of hydrogen-bond donors (Lipinski definition) is 3. The third-order valence-electron chi connectivity index (χ3n) is 6.76. The molecule has 3 N–H and O–H groups in total. The maximum absolute atomic E-state index is 14.2. The van der Waals surface area contributed by atoms with Gasteiger partial charge in [-0.05, 0) is 67.2 Å². The largest absolute Gasteiger partial charge is 0.357 e. The predicted molar refractivity (Wildman–Crippen MR) is 119 cm³/mol. The van der Waals surface area contributed by atoms with Gasteiger partial charge in [0.1, 0.15) is 5.82 Å². The summed E-state index contributed by atoms with van der Waals surface area (Å²) in [6.45, 7) is 3.40. The number of H-pyrrole nitrogens is 1. The van der Waals surface area contributed by atoms with Crippen molar-refractivity contribution in [3.05, 3.63) is 71.3 Å². The van der Waals surface area contributed by atoms with Gasteiger partial charge in [-0.15, -0.1) is 0 Å². The summed E-state index contributed by atoms with van der Waals surface area (Å²) in [6.07, 6.45) is 7.45. The molecule has 1 fully saturated rings. The second-order valence-electron chi connectivity index (χ2n) is 8.86. The number of anilines is 1. The van der Waals surface area contributed by atoms with Crippen LogP contribution in [0.5, 0.6) is 0 Å². The zero-order chi connectivity index (χ0) is 22.0. The molecular weight excluding hydrogens is 407 g/mol. The zero-order valence-corrected chi connectivity index (χ0v) is 17.3. The van der Waals surface area contributed by atoms with Gasteiger partial charge in [0.2, 0.25) is 5.91 Å². The van der Waals surface area contributed by atoms with Crippen molar-refractivity contribution < 1.29 is 14.0 Å². The highest BCUT2D eigenvalue weighted by Gasteiger charge is 2.49. The molecule has 32 heavy (non-hydrogen) atoms. The Balaban J connectivity index is 1.42. The van der Waals surface area contributed by atoms with Gasteiger partial charge in [-0.2, -0.15) is 0 Å². The van der Waals surface area contributed by atoms with E-state index in [0.717, 1.165) is 71.8 Å². The van der Waals surface area contributed by atoms with Crippen LogP contribution in [0.25, 0.3) is 22.5 Å². The van der Waals surface area contributed by atoms with E-state index in [1.807, 2.05) is 12.3 Å². The van der Waals surface area contributed by atoms with Gasteiger partial charge in [0.25, 0.3) is 5.91 Å². The zero-order valence-electron chi connectivity index (χ0n) is 17.3. The Hall–Kier alpha value is -3.74. The maximum Gasteiger partial charge on any atom is 0.253 e. The number of halogens is 1. The van der Waals surface area contributed by atoms with E-state index >= 15 is 0 Å². The first kappa shape index (κ1) is 19.0. The number of amides is 2. The number of pyridine rings is 1. The number of fused-ring (bicyclic) bond motifs is 5. The third-order valence-corrected chi connectivity index (χ3v) is 6.76. The third kappa shape index (κ3) is 2.88. The Morgan fingerprint density at radius 2 is 2.09 bits per heavy atom. The van der Waals surface area contributed by atoms with Crippen LogP contribution >= 0.6 is 0 Å². The van der Waals surface area contributed by atoms with Crippen molar-refractivity contribution in [2.75, 3.05) is 5.32 Å². The quantitative estimate of drug-likeness (QED) is 0.553. The van der Waals surface area contributed by atoms with Crippen LogP contribution in [0.15, 0.2) is 43.1 Å². The first-order chi connectivity index (χ1) is 15.5. The average molecular weight is 428 g/mol. The van der Waals surface area contributed by atoms with E-state index in [1.54, 1.807) is 12.1 Å². The molecule has 0 unspecified atom stereocenters. The summed E-state index contributed by atoms with van der Waals surface area (Å²) in [5.41, 5.74) is 7.39. The number of aryl methyl sites for hydroxylation is 1. The molecule has 0 radical (unpaired) electrons. The highest BCUT2D eigenvalue weighted by Crippen LogP contribution is 2.45. The average Bonchev–Trinajstić information content (AvgIpc) is 3.40. The molecule has 3 heterocycles. The normalized spacial score (nSPS) is 17.1. The van der Waals surface area contributed by atoms with Crippen molar-refractivity contribution in [3.8, 4) is 22.5 Å². The van der Waals surface area contributed by atoms with Crippen LogP contribution in [0.2, 0.25) is 0 Å². The number of carbonyl (C=O) groups excluding carboxylic acids is 2. The summed E-state index contributed by atoms with van der Waals surface area (Å²) in [5.74, 6) is -0.978. The number of carbonyl (C=O) groups is 2. The van der Waals surface area contributed by atoms with Crippen molar-refractivity contribution in [3.63, 3.8) is 0 Å². The number of hydrogen-bond acceptors (Lipinski definition) is 3. The number of benzene rings is 1. The monoisotopic (exact) mass is 428 g/mol. The standard InChI is InChI=1S/C25H21FN4O2/c1-2-21(31)28-19-9-13(4-6-17(19)26)18-10-16-14(12-27-18)3-5-15-22-20(29-23(15)16)11-25(7-8-25)30-24(22)32/h2,4,6,9-10,12,29H,1,3,5,7-8,11H2,(H,28,31)(H,30,32). The van der Waals surface area contributed by atoms with E-state index in [4.69, 9.17) is 0 Å². The summed E-state index contributed by atoms with van der Waals surface area (Å²) < 4.78 is 14.2. The van der Waals surface area contributed by atoms with Crippen LogP contribution in [0, 0.1) is 5.82 Å². The topological polar surface area (TPSA) is 86.9 Å². The number of aromatic nitrogens is 2. The molecule has 2 aromatic heterocycles. The molecule has 0 atom stereocenters. The summed E-state index contributed by atoms with van der Waals surface area (Å²) >= 11 is 0. The van der Waals surface area contributed by atoms with Gasteiger partial charge in [-0.3, -0.25) is 14.6 Å². The van der Waals surface area contributed by atoms with Crippen molar-refractivity contribution >= 4 is 17.5 Å². The molecule has 1 aromatic carbocycles. The highest BCUT2D eigenvalue weighted by molar-refractivity contribution is 6.01. The van der Waals surface area contributed by atoms with Crippen molar-refractivity contribution in [1.82, 2.24) is 15.3 Å². The SMILES string of the molecule is C=CC(=O)Nc1cc(-c2cc3c(cn2)CCc2c-3[nH]c3c2C(=O)NC2(CC2)C3)ccc1F. The fourth-order valence-electron chi connectivity index (χ4n) is 4.92. The van der Waals surface area contributed by atoms with Gasteiger partial charge in [0.15, 0.2) is 0 Å². The summed E-state index contributed by atoms with van der Waals surface area (Å²) in [7, 11) is 0. The van der Waals surface area contributed by atoms with Crippen LogP contribution < -0.4 is 10.6 Å². The van der Waals surface area contributed by atoms with Crippen LogP contribution in [-0.4, -0.2) is 27.3 Å². The molecule has 1 aliphatic heterocycles. The summed E-state index contributed by atoms with van der Waals surface area (Å²) in [6, 6.07) is 6.50. The van der Waals surface area contributed by atoms with Gasteiger partial charge in [-0.25, -0.2) is 4.39 Å². The minimum absolute atomic E-state index is 0.0279. The maximum atomic E-state index is 14.2. The minimum Gasteiger partial charge on any atom is -0.357 e. The van der Waals surface area contributed by atoms with Crippen LogP contribution in [-0.2, 0) is 24.1 Å². The number of nitrogens with one attached hydrogen (secondary N) is 3. The van der Waals surface area contributed by atoms with Gasteiger partial charge in [-0.1, -0.05) is 6.58 Å².